The van der Waals surface area contributed by atoms with Gasteiger partial charge in [-0.2, -0.15) is 0 Å². The minimum absolute atomic E-state index is 0.0829. The zero-order valence-corrected chi connectivity index (χ0v) is 28.2. The highest BCUT2D eigenvalue weighted by atomic mass is 16.6. The molecule has 46 heavy (non-hydrogen) atoms. The van der Waals surface area contributed by atoms with Gasteiger partial charge in [0, 0.05) is 63.8 Å². The third-order valence-electron chi connectivity index (χ3n) is 7.84. The highest BCUT2D eigenvalue weighted by Gasteiger charge is 2.22. The van der Waals surface area contributed by atoms with Crippen LogP contribution in [-0.4, -0.2) is 89.3 Å². The number of rotatable bonds is 13. The lowest BCUT2D eigenvalue weighted by Gasteiger charge is -2.31. The van der Waals surface area contributed by atoms with Crippen LogP contribution >= 0.6 is 0 Å². The van der Waals surface area contributed by atoms with Crippen LogP contribution in [0.4, 0.5) is 22.2 Å². The van der Waals surface area contributed by atoms with E-state index in [-0.39, 0.29) is 12.1 Å². The first-order valence-electron chi connectivity index (χ1n) is 16.2. The van der Waals surface area contributed by atoms with E-state index in [0.29, 0.717) is 31.4 Å². The molecule has 0 unspecified atom stereocenters. The fourth-order valence-electron chi connectivity index (χ4n) is 5.37. The molecule has 1 saturated heterocycles. The van der Waals surface area contributed by atoms with E-state index < -0.39 is 5.60 Å². The normalized spacial score (nSPS) is 14.0. The van der Waals surface area contributed by atoms with Gasteiger partial charge in [-0.1, -0.05) is 12.1 Å². The predicted octanol–water partition coefficient (Wildman–Crippen LogP) is 6.14. The van der Waals surface area contributed by atoms with Crippen LogP contribution in [-0.2, 0) is 20.8 Å². The molecule has 248 valence electrons. The van der Waals surface area contributed by atoms with Gasteiger partial charge in [0.1, 0.15) is 11.4 Å². The van der Waals surface area contributed by atoms with Gasteiger partial charge < -0.3 is 24.6 Å². The maximum Gasteiger partial charge on any atom is 0.410 e. The first kappa shape index (κ1) is 34.6. The van der Waals surface area contributed by atoms with E-state index in [1.165, 1.54) is 5.56 Å². The predicted molar refractivity (Wildman–Crippen MR) is 181 cm³/mol. The Labute approximate surface area is 273 Å². The number of amides is 1. The molecule has 1 aliphatic rings. The second-order valence-corrected chi connectivity index (χ2v) is 12.9. The van der Waals surface area contributed by atoms with Crippen LogP contribution in [0, 0.1) is 5.92 Å². The van der Waals surface area contributed by atoms with Crippen LogP contribution in [0.5, 0.6) is 0 Å². The van der Waals surface area contributed by atoms with Crippen molar-refractivity contribution in [3.05, 3.63) is 60.4 Å². The summed E-state index contributed by atoms with van der Waals surface area (Å²) in [5.41, 5.74) is 3.31. The summed E-state index contributed by atoms with van der Waals surface area (Å²) < 4.78 is 10.5. The number of anilines is 3. The van der Waals surface area contributed by atoms with Gasteiger partial charge in [-0.15, -0.1) is 0 Å². The van der Waals surface area contributed by atoms with Gasteiger partial charge in [0.25, 0.3) is 0 Å². The molecule has 1 fully saturated rings. The van der Waals surface area contributed by atoms with E-state index in [2.05, 4.69) is 37.2 Å². The molecular weight excluding hydrogens is 582 g/mol. The fraction of sp³-hybridized carbons (Fsp3) is 0.514. The first-order valence-corrected chi connectivity index (χ1v) is 16.2. The van der Waals surface area contributed by atoms with E-state index in [4.69, 9.17) is 14.5 Å². The SMILES string of the molecule is CCOC(=O)CC1CCN(Cc2cccc(Nc3nccc(-c4ccc(N(C)CCCN(C)C(=O)OC(C)(C)C)nc4)n3)c2)CC1. The van der Waals surface area contributed by atoms with Crippen molar-refractivity contribution in [2.75, 3.05) is 57.1 Å². The first-order chi connectivity index (χ1) is 22.0. The Morgan fingerprint density at radius 1 is 1.04 bits per heavy atom. The molecule has 0 atom stereocenters. The molecule has 4 rings (SSSR count). The van der Waals surface area contributed by atoms with Gasteiger partial charge in [-0.05, 0) is 102 Å². The van der Waals surface area contributed by atoms with E-state index in [0.717, 1.165) is 68.2 Å². The van der Waals surface area contributed by atoms with Crippen molar-refractivity contribution >= 4 is 29.5 Å². The lowest BCUT2D eigenvalue weighted by molar-refractivity contribution is -0.144. The number of hydrogen-bond donors (Lipinski definition) is 1. The standard InChI is InChI=1S/C35H49N7O4/c1-7-45-32(43)23-26-15-20-42(21-16-26)25-27-10-8-11-29(22-27)38-33-36-17-14-30(39-33)28-12-13-31(37-24-28)40(5)18-9-19-41(6)34(44)46-35(2,3)4/h8,10-14,17,22,24,26H,7,9,15-16,18-21,23,25H2,1-6H3,(H,36,38,39). The molecular formula is C35H49N7O4. The molecule has 0 bridgehead atoms. The molecule has 2 aromatic heterocycles. The van der Waals surface area contributed by atoms with Gasteiger partial charge in [0.2, 0.25) is 5.95 Å². The average molecular weight is 632 g/mol. The maximum atomic E-state index is 12.2. The average Bonchev–Trinajstić information content (AvgIpc) is 3.01. The van der Waals surface area contributed by atoms with Crippen molar-refractivity contribution in [3.63, 3.8) is 0 Å². The van der Waals surface area contributed by atoms with Crippen LogP contribution in [0.1, 0.15) is 58.9 Å². The molecule has 11 nitrogen and oxygen atoms in total. The van der Waals surface area contributed by atoms with Crippen molar-refractivity contribution in [1.29, 1.82) is 0 Å². The Morgan fingerprint density at radius 2 is 1.83 bits per heavy atom. The van der Waals surface area contributed by atoms with Crippen molar-refractivity contribution in [1.82, 2.24) is 24.8 Å². The van der Waals surface area contributed by atoms with Crippen molar-refractivity contribution < 1.29 is 19.1 Å². The summed E-state index contributed by atoms with van der Waals surface area (Å²) in [6.07, 6.45) is 6.58. The number of ether oxygens (including phenoxy) is 2. The minimum Gasteiger partial charge on any atom is -0.466 e. The quantitative estimate of drug-likeness (QED) is 0.221. The highest BCUT2D eigenvalue weighted by molar-refractivity contribution is 5.69. The zero-order valence-electron chi connectivity index (χ0n) is 28.2. The molecule has 3 aromatic rings. The van der Waals surface area contributed by atoms with E-state index in [1.807, 2.05) is 71.3 Å². The number of nitrogens with one attached hydrogen (secondary N) is 1. The Hall–Kier alpha value is -4.25. The fourth-order valence-corrected chi connectivity index (χ4v) is 5.37. The molecule has 1 amide bonds. The minimum atomic E-state index is -0.507. The number of carbonyl (C=O) groups excluding carboxylic acids is 2. The number of likely N-dealkylation sites (tertiary alicyclic amines) is 1. The number of nitrogens with zero attached hydrogens (tertiary/aromatic N) is 6. The molecule has 0 radical (unpaired) electrons. The molecule has 1 N–H and O–H groups in total. The third-order valence-corrected chi connectivity index (χ3v) is 7.84. The topological polar surface area (TPSA) is 113 Å². The number of benzene rings is 1. The van der Waals surface area contributed by atoms with Crippen LogP contribution in [0.15, 0.2) is 54.9 Å². The summed E-state index contributed by atoms with van der Waals surface area (Å²) in [4.78, 5) is 44.0. The number of piperidine rings is 1. The summed E-state index contributed by atoms with van der Waals surface area (Å²) >= 11 is 0. The van der Waals surface area contributed by atoms with Crippen LogP contribution in [0.3, 0.4) is 0 Å². The molecule has 3 heterocycles. The van der Waals surface area contributed by atoms with E-state index in [1.54, 1.807) is 18.1 Å². The number of carbonyl (C=O) groups is 2. The Bertz CT molecular complexity index is 1420. The number of esters is 1. The highest BCUT2D eigenvalue weighted by Crippen LogP contribution is 2.25. The molecule has 0 aliphatic carbocycles. The molecule has 1 aliphatic heterocycles. The van der Waals surface area contributed by atoms with Crippen molar-refractivity contribution in [2.24, 2.45) is 5.92 Å². The molecule has 0 spiro atoms. The third kappa shape index (κ3) is 11.0. The van der Waals surface area contributed by atoms with Crippen molar-refractivity contribution in [2.45, 2.75) is 65.5 Å². The molecule has 1 aromatic carbocycles. The Morgan fingerprint density at radius 3 is 2.52 bits per heavy atom. The van der Waals surface area contributed by atoms with Crippen LogP contribution in [0.25, 0.3) is 11.3 Å². The van der Waals surface area contributed by atoms with Crippen molar-refractivity contribution in [3.8, 4) is 11.3 Å². The summed E-state index contributed by atoms with van der Waals surface area (Å²) in [6, 6.07) is 14.2. The number of pyridine rings is 1. The van der Waals surface area contributed by atoms with Gasteiger partial charge in [-0.3, -0.25) is 9.69 Å². The lowest BCUT2D eigenvalue weighted by Crippen LogP contribution is -2.35. The Kier molecular flexibility index (Phi) is 12.3. The second kappa shape index (κ2) is 16.4. The Balaban J connectivity index is 1.27. The smallest absolute Gasteiger partial charge is 0.410 e. The van der Waals surface area contributed by atoms with Gasteiger partial charge in [0.05, 0.1) is 12.3 Å². The maximum absolute atomic E-state index is 12.2. The molecule has 11 heteroatoms. The van der Waals surface area contributed by atoms with Crippen LogP contribution in [0.2, 0.25) is 0 Å². The van der Waals surface area contributed by atoms with E-state index in [9.17, 15) is 9.59 Å². The largest absolute Gasteiger partial charge is 0.466 e. The van der Waals surface area contributed by atoms with Gasteiger partial charge in [0.15, 0.2) is 0 Å². The monoisotopic (exact) mass is 631 g/mol. The number of aromatic nitrogens is 3. The molecule has 0 saturated carbocycles. The summed E-state index contributed by atoms with van der Waals surface area (Å²) in [6.45, 7) is 12.0. The van der Waals surface area contributed by atoms with Gasteiger partial charge in [-0.25, -0.2) is 19.7 Å². The summed E-state index contributed by atoms with van der Waals surface area (Å²) in [5.74, 6) is 1.69. The lowest BCUT2D eigenvalue weighted by atomic mass is 9.93. The second-order valence-electron chi connectivity index (χ2n) is 12.9. The summed E-state index contributed by atoms with van der Waals surface area (Å²) in [7, 11) is 3.75. The zero-order chi connectivity index (χ0) is 33.1. The van der Waals surface area contributed by atoms with Crippen LogP contribution < -0.4 is 10.2 Å². The number of hydrogen-bond acceptors (Lipinski definition) is 10. The summed E-state index contributed by atoms with van der Waals surface area (Å²) in [5, 5.41) is 3.36. The van der Waals surface area contributed by atoms with E-state index >= 15 is 0 Å². The van der Waals surface area contributed by atoms with Gasteiger partial charge >= 0.3 is 12.1 Å².